The minimum atomic E-state index is -0.510. The topological polar surface area (TPSA) is 97.0 Å². The molecule has 2 heterocycles. The van der Waals surface area contributed by atoms with Crippen molar-refractivity contribution >= 4 is 5.91 Å². The number of ether oxygens (including phenoxy) is 1. The molecule has 7 heteroatoms. The summed E-state index contributed by atoms with van der Waals surface area (Å²) in [6, 6.07) is 12.8. The standard InChI is InChI=1S/C19H18N4O3/c1-2-26-19-14(9-6-10-20-19)11-22-17(24)15-12-21-16(23-18(15)25)13-7-4-3-5-8-13/h3-10,12H,2,11H2,1H3,(H,22,24)(H,21,23,25). The molecule has 0 bridgehead atoms. The monoisotopic (exact) mass is 350 g/mol. The lowest BCUT2D eigenvalue weighted by molar-refractivity contribution is 0.0948. The Kier molecular flexibility index (Phi) is 5.38. The van der Waals surface area contributed by atoms with Crippen molar-refractivity contribution in [3.8, 4) is 17.3 Å². The van der Waals surface area contributed by atoms with Crippen LogP contribution in [0.5, 0.6) is 5.88 Å². The van der Waals surface area contributed by atoms with E-state index >= 15 is 0 Å². The van der Waals surface area contributed by atoms with Gasteiger partial charge in [-0.15, -0.1) is 0 Å². The average Bonchev–Trinajstić information content (AvgIpc) is 2.68. The van der Waals surface area contributed by atoms with E-state index in [0.717, 1.165) is 11.1 Å². The third-order valence-electron chi connectivity index (χ3n) is 3.66. The number of rotatable bonds is 6. The number of benzene rings is 1. The predicted molar refractivity (Wildman–Crippen MR) is 96.9 cm³/mol. The fourth-order valence-corrected chi connectivity index (χ4v) is 2.40. The number of nitrogens with zero attached hydrogens (tertiary/aromatic N) is 2. The second-order valence-electron chi connectivity index (χ2n) is 5.42. The summed E-state index contributed by atoms with van der Waals surface area (Å²) in [5, 5.41) is 2.70. The van der Waals surface area contributed by atoms with Gasteiger partial charge in [0.2, 0.25) is 5.88 Å². The smallest absolute Gasteiger partial charge is 0.264 e. The zero-order valence-corrected chi connectivity index (χ0v) is 14.2. The first-order valence-electron chi connectivity index (χ1n) is 8.18. The van der Waals surface area contributed by atoms with Gasteiger partial charge < -0.3 is 15.0 Å². The maximum Gasteiger partial charge on any atom is 0.264 e. The highest BCUT2D eigenvalue weighted by molar-refractivity contribution is 5.93. The van der Waals surface area contributed by atoms with E-state index in [1.807, 2.05) is 37.3 Å². The van der Waals surface area contributed by atoms with Crippen LogP contribution in [0.1, 0.15) is 22.8 Å². The first kappa shape index (κ1) is 17.3. The Bertz CT molecular complexity index is 954. The molecular formula is C19H18N4O3. The van der Waals surface area contributed by atoms with Crippen LogP contribution in [-0.2, 0) is 6.54 Å². The molecule has 1 aromatic carbocycles. The molecule has 7 nitrogen and oxygen atoms in total. The molecule has 0 unspecified atom stereocenters. The maximum atomic E-state index is 12.3. The first-order valence-corrected chi connectivity index (χ1v) is 8.18. The quantitative estimate of drug-likeness (QED) is 0.710. The zero-order valence-electron chi connectivity index (χ0n) is 14.2. The number of nitrogens with one attached hydrogen (secondary N) is 2. The summed E-state index contributed by atoms with van der Waals surface area (Å²) in [4.78, 5) is 35.5. The molecule has 3 rings (SSSR count). The molecular weight excluding hydrogens is 332 g/mol. The van der Waals surface area contributed by atoms with Crippen LogP contribution in [0.25, 0.3) is 11.4 Å². The third kappa shape index (κ3) is 3.94. The van der Waals surface area contributed by atoms with Gasteiger partial charge >= 0.3 is 0 Å². The van der Waals surface area contributed by atoms with E-state index < -0.39 is 11.5 Å². The van der Waals surface area contributed by atoms with Gasteiger partial charge in [0, 0.05) is 30.1 Å². The Hall–Kier alpha value is -3.48. The number of hydrogen-bond donors (Lipinski definition) is 2. The molecule has 132 valence electrons. The van der Waals surface area contributed by atoms with Gasteiger partial charge in [-0.25, -0.2) is 9.97 Å². The van der Waals surface area contributed by atoms with Gasteiger partial charge in [0.1, 0.15) is 11.4 Å². The van der Waals surface area contributed by atoms with Crippen LogP contribution in [0.3, 0.4) is 0 Å². The van der Waals surface area contributed by atoms with Crippen molar-refractivity contribution in [3.05, 3.63) is 76.3 Å². The Morgan fingerprint density at radius 2 is 1.96 bits per heavy atom. The van der Waals surface area contributed by atoms with Gasteiger partial charge in [-0.2, -0.15) is 0 Å². The number of aromatic amines is 1. The van der Waals surface area contributed by atoms with Crippen molar-refractivity contribution in [2.24, 2.45) is 0 Å². The van der Waals surface area contributed by atoms with Crippen molar-refractivity contribution in [1.82, 2.24) is 20.3 Å². The summed E-state index contributed by atoms with van der Waals surface area (Å²) in [6.45, 7) is 2.53. The number of H-pyrrole nitrogens is 1. The van der Waals surface area contributed by atoms with Crippen LogP contribution in [-0.4, -0.2) is 27.5 Å². The fraction of sp³-hybridized carbons (Fsp3) is 0.158. The van der Waals surface area contributed by atoms with Crippen LogP contribution < -0.4 is 15.6 Å². The number of hydrogen-bond acceptors (Lipinski definition) is 5. The van der Waals surface area contributed by atoms with Crippen LogP contribution in [0.4, 0.5) is 0 Å². The van der Waals surface area contributed by atoms with Crippen LogP contribution in [0, 0.1) is 0 Å². The van der Waals surface area contributed by atoms with E-state index in [0.29, 0.717) is 18.3 Å². The normalized spacial score (nSPS) is 10.3. The van der Waals surface area contributed by atoms with Gasteiger partial charge in [-0.05, 0) is 13.0 Å². The van der Waals surface area contributed by atoms with E-state index in [1.54, 1.807) is 18.3 Å². The lowest BCUT2D eigenvalue weighted by Gasteiger charge is -2.09. The molecule has 0 saturated heterocycles. The molecule has 2 aromatic heterocycles. The predicted octanol–water partition coefficient (Wildman–Crippen LogP) is 2.16. The molecule has 0 saturated carbocycles. The second-order valence-corrected chi connectivity index (χ2v) is 5.42. The van der Waals surface area contributed by atoms with E-state index in [4.69, 9.17) is 4.74 Å². The molecule has 0 spiro atoms. The Morgan fingerprint density at radius 1 is 1.15 bits per heavy atom. The zero-order chi connectivity index (χ0) is 18.4. The molecule has 0 atom stereocenters. The Balaban J connectivity index is 1.74. The number of carbonyl (C=O) groups is 1. The average molecular weight is 350 g/mol. The molecule has 0 fully saturated rings. The summed E-state index contributed by atoms with van der Waals surface area (Å²) in [7, 11) is 0. The maximum absolute atomic E-state index is 12.3. The van der Waals surface area contributed by atoms with Gasteiger partial charge in [-0.3, -0.25) is 9.59 Å². The Morgan fingerprint density at radius 3 is 2.69 bits per heavy atom. The van der Waals surface area contributed by atoms with E-state index in [9.17, 15) is 9.59 Å². The minimum absolute atomic E-state index is 0.0495. The lowest BCUT2D eigenvalue weighted by atomic mass is 10.2. The molecule has 0 aliphatic heterocycles. The summed E-state index contributed by atoms with van der Waals surface area (Å²) < 4.78 is 5.42. The molecule has 0 radical (unpaired) electrons. The number of carbonyl (C=O) groups excluding carboxylic acids is 1. The lowest BCUT2D eigenvalue weighted by Crippen LogP contribution is -2.30. The highest BCUT2D eigenvalue weighted by Crippen LogP contribution is 2.14. The molecule has 0 aliphatic carbocycles. The number of pyridine rings is 1. The fourth-order valence-electron chi connectivity index (χ4n) is 2.40. The first-order chi connectivity index (χ1) is 12.7. The summed E-state index contributed by atoms with van der Waals surface area (Å²) in [5.41, 5.74) is 0.959. The largest absolute Gasteiger partial charge is 0.478 e. The van der Waals surface area contributed by atoms with E-state index in [-0.39, 0.29) is 12.1 Å². The number of amides is 1. The Labute approximate surface area is 150 Å². The van der Waals surface area contributed by atoms with Crippen molar-refractivity contribution in [2.45, 2.75) is 13.5 Å². The van der Waals surface area contributed by atoms with Gasteiger partial charge in [-0.1, -0.05) is 36.4 Å². The third-order valence-corrected chi connectivity index (χ3v) is 3.66. The number of aromatic nitrogens is 3. The molecule has 1 amide bonds. The van der Waals surface area contributed by atoms with E-state index in [1.165, 1.54) is 6.20 Å². The van der Waals surface area contributed by atoms with Gasteiger partial charge in [0.15, 0.2) is 0 Å². The van der Waals surface area contributed by atoms with Gasteiger partial charge in [0.05, 0.1) is 6.61 Å². The van der Waals surface area contributed by atoms with Gasteiger partial charge in [0.25, 0.3) is 11.5 Å². The highest BCUT2D eigenvalue weighted by atomic mass is 16.5. The minimum Gasteiger partial charge on any atom is -0.478 e. The van der Waals surface area contributed by atoms with Crippen LogP contribution in [0.15, 0.2) is 59.7 Å². The van der Waals surface area contributed by atoms with Crippen molar-refractivity contribution in [3.63, 3.8) is 0 Å². The van der Waals surface area contributed by atoms with Crippen LogP contribution in [0.2, 0.25) is 0 Å². The SMILES string of the molecule is CCOc1ncccc1CNC(=O)c1cnc(-c2ccccc2)[nH]c1=O. The van der Waals surface area contributed by atoms with Crippen LogP contribution >= 0.6 is 0 Å². The van der Waals surface area contributed by atoms with Crippen molar-refractivity contribution in [2.75, 3.05) is 6.61 Å². The molecule has 2 N–H and O–H groups in total. The molecule has 26 heavy (non-hydrogen) atoms. The second kappa shape index (κ2) is 8.06. The molecule has 0 aliphatic rings. The summed E-state index contributed by atoms with van der Waals surface area (Å²) in [5.74, 6) is 0.365. The molecule has 3 aromatic rings. The van der Waals surface area contributed by atoms with Crippen molar-refractivity contribution in [1.29, 1.82) is 0 Å². The highest BCUT2D eigenvalue weighted by Gasteiger charge is 2.13. The van der Waals surface area contributed by atoms with E-state index in [2.05, 4.69) is 20.3 Å². The summed E-state index contributed by atoms with van der Waals surface area (Å²) in [6.07, 6.45) is 2.90. The van der Waals surface area contributed by atoms with Crippen molar-refractivity contribution < 1.29 is 9.53 Å². The summed E-state index contributed by atoms with van der Waals surface area (Å²) >= 11 is 0.